The van der Waals surface area contributed by atoms with Gasteiger partial charge < -0.3 is 19.0 Å². The lowest BCUT2D eigenvalue weighted by molar-refractivity contribution is -0.118. The van der Waals surface area contributed by atoms with Gasteiger partial charge in [0.2, 0.25) is 5.82 Å². The summed E-state index contributed by atoms with van der Waals surface area (Å²) in [5.74, 6) is -0.974. The molecule has 31 heavy (non-hydrogen) atoms. The van der Waals surface area contributed by atoms with Crippen molar-refractivity contribution < 1.29 is 32.2 Å². The van der Waals surface area contributed by atoms with Gasteiger partial charge in [-0.3, -0.25) is 4.57 Å². The fourth-order valence-corrected chi connectivity index (χ4v) is 3.79. The van der Waals surface area contributed by atoms with Crippen molar-refractivity contribution in [2.24, 2.45) is 13.0 Å². The zero-order chi connectivity index (χ0) is 22.5. The molecule has 0 amide bonds. The second-order valence-electron chi connectivity index (χ2n) is 8.13. The summed E-state index contributed by atoms with van der Waals surface area (Å²) in [6.45, 7) is 3.21. The zero-order valence-corrected chi connectivity index (χ0v) is 17.9. The molecular weight excluding hydrogens is 415 g/mol. The molecule has 2 heterocycles. The summed E-state index contributed by atoms with van der Waals surface area (Å²) >= 11 is 0. The van der Waals surface area contributed by atoms with Crippen molar-refractivity contribution in [3.05, 3.63) is 12.0 Å². The number of imidazole rings is 1. The van der Waals surface area contributed by atoms with Gasteiger partial charge in [-0.25, -0.2) is 13.8 Å². The van der Waals surface area contributed by atoms with Crippen LogP contribution in [0.1, 0.15) is 46.0 Å². The van der Waals surface area contributed by atoms with E-state index in [0.29, 0.717) is 13.0 Å². The van der Waals surface area contributed by atoms with Gasteiger partial charge in [-0.05, 0) is 38.5 Å². The summed E-state index contributed by atoms with van der Waals surface area (Å²) in [5.41, 5.74) is 0.349. The Morgan fingerprint density at radius 2 is 1.90 bits per heavy atom. The molecule has 1 aliphatic rings. The first-order chi connectivity index (χ1) is 14.7. The third kappa shape index (κ3) is 6.09. The summed E-state index contributed by atoms with van der Waals surface area (Å²) in [6, 6.07) is 0.237. The molecule has 0 aromatic carbocycles. The van der Waals surface area contributed by atoms with E-state index in [2.05, 4.69) is 9.97 Å². The van der Waals surface area contributed by atoms with Gasteiger partial charge in [0.25, 0.3) is 18.3 Å². The summed E-state index contributed by atoms with van der Waals surface area (Å²) in [5, 5.41) is 0. The normalized spacial score (nSPS) is 20.2. The van der Waals surface area contributed by atoms with Crippen molar-refractivity contribution in [1.82, 2.24) is 14.5 Å². The molecule has 7 nitrogen and oxygen atoms in total. The molecule has 0 saturated heterocycles. The van der Waals surface area contributed by atoms with E-state index in [0.717, 1.165) is 25.7 Å². The molecule has 0 spiro atoms. The molecule has 0 radical (unpaired) electrons. The highest BCUT2D eigenvalue weighted by atomic mass is 19.3. The first-order valence-electron chi connectivity index (χ1n) is 10.4. The Morgan fingerprint density at radius 3 is 2.55 bits per heavy atom. The Bertz CT molecular complexity index is 898. The predicted octanol–water partition coefficient (Wildman–Crippen LogP) is 4.07. The van der Waals surface area contributed by atoms with Crippen LogP contribution in [0.5, 0.6) is 11.9 Å². The fraction of sp³-hybridized carbons (Fsp3) is 0.667. The number of fused-ring (bicyclic) bond motifs is 1. The SMILES string of the molecule is CC(=O)C[C@@H](C)COC1CCC(Oc2nc3cnc(OCC(F)F)c(F)c3n2C)CC1. The zero-order valence-electron chi connectivity index (χ0n) is 17.9. The van der Waals surface area contributed by atoms with E-state index in [9.17, 15) is 18.0 Å². The van der Waals surface area contributed by atoms with Gasteiger partial charge in [-0.1, -0.05) is 6.92 Å². The number of ether oxygens (including phenoxy) is 3. The fourth-order valence-electron chi connectivity index (χ4n) is 3.79. The summed E-state index contributed by atoms with van der Waals surface area (Å²) in [6.07, 6.45) is 2.29. The van der Waals surface area contributed by atoms with E-state index in [1.54, 1.807) is 14.0 Å². The third-order valence-electron chi connectivity index (χ3n) is 5.27. The standard InChI is InChI=1S/C21H28F3N3O4/c1-12(8-13(2)28)10-29-14-4-6-15(7-5-14)31-21-26-16-9-25-20(30-11-17(22)23)18(24)19(16)27(21)3/h9,12,14-15,17H,4-8,10-11H2,1-3H3/t12-,14?,15?/m1/s1. The Kier molecular flexibility index (Phi) is 7.74. The van der Waals surface area contributed by atoms with Gasteiger partial charge in [0.15, 0.2) is 6.61 Å². The molecule has 2 aromatic rings. The number of ketones is 1. The van der Waals surface area contributed by atoms with Gasteiger partial charge in [0.1, 0.15) is 22.9 Å². The Hall–Kier alpha value is -2.36. The van der Waals surface area contributed by atoms with Crippen LogP contribution in [0.2, 0.25) is 0 Å². The second kappa shape index (κ2) is 10.3. The van der Waals surface area contributed by atoms with Crippen LogP contribution in [0, 0.1) is 11.7 Å². The molecule has 0 bridgehead atoms. The van der Waals surface area contributed by atoms with Crippen LogP contribution < -0.4 is 9.47 Å². The van der Waals surface area contributed by atoms with E-state index >= 15 is 0 Å². The number of hydrogen-bond donors (Lipinski definition) is 0. The van der Waals surface area contributed by atoms with E-state index in [4.69, 9.17) is 14.2 Å². The van der Waals surface area contributed by atoms with Crippen molar-refractivity contribution in [2.45, 2.75) is 64.6 Å². The number of carbonyl (C=O) groups excluding carboxylic acids is 1. The van der Waals surface area contributed by atoms with E-state index in [1.165, 1.54) is 10.8 Å². The van der Waals surface area contributed by atoms with Gasteiger partial charge in [0.05, 0.1) is 12.3 Å². The quantitative estimate of drug-likeness (QED) is 0.551. The number of alkyl halides is 2. The number of Topliss-reactive ketones (excluding diaryl/α,β-unsaturated/α-hetero) is 1. The van der Waals surface area contributed by atoms with Gasteiger partial charge >= 0.3 is 0 Å². The lowest BCUT2D eigenvalue weighted by Crippen LogP contribution is -2.30. The maximum absolute atomic E-state index is 14.7. The number of halogens is 3. The van der Waals surface area contributed by atoms with Crippen molar-refractivity contribution in [1.29, 1.82) is 0 Å². The van der Waals surface area contributed by atoms with E-state index in [-0.39, 0.29) is 41.0 Å². The Labute approximate surface area is 178 Å². The highest BCUT2D eigenvalue weighted by Crippen LogP contribution is 2.30. The molecular formula is C21H28F3N3O4. The van der Waals surface area contributed by atoms with Crippen molar-refractivity contribution in [2.75, 3.05) is 13.2 Å². The molecule has 1 saturated carbocycles. The maximum Gasteiger partial charge on any atom is 0.297 e. The summed E-state index contributed by atoms with van der Waals surface area (Å²) < 4.78 is 57.4. The second-order valence-corrected chi connectivity index (χ2v) is 8.13. The van der Waals surface area contributed by atoms with Crippen molar-refractivity contribution in [3.63, 3.8) is 0 Å². The Balaban J connectivity index is 1.57. The average Bonchev–Trinajstić information content (AvgIpc) is 3.02. The van der Waals surface area contributed by atoms with Crippen molar-refractivity contribution >= 4 is 16.8 Å². The van der Waals surface area contributed by atoms with Gasteiger partial charge in [-0.15, -0.1) is 0 Å². The Morgan fingerprint density at radius 1 is 1.23 bits per heavy atom. The average molecular weight is 443 g/mol. The van der Waals surface area contributed by atoms with Crippen LogP contribution in [0.25, 0.3) is 11.0 Å². The first kappa shape index (κ1) is 23.3. The number of pyridine rings is 1. The highest BCUT2D eigenvalue weighted by molar-refractivity contribution is 5.77. The summed E-state index contributed by atoms with van der Waals surface area (Å²) in [7, 11) is 1.59. The van der Waals surface area contributed by atoms with Gasteiger partial charge in [-0.2, -0.15) is 9.37 Å². The number of nitrogens with zero attached hydrogens (tertiary/aromatic N) is 3. The number of rotatable bonds is 10. The maximum atomic E-state index is 14.7. The van der Waals surface area contributed by atoms with Crippen molar-refractivity contribution in [3.8, 4) is 11.9 Å². The van der Waals surface area contributed by atoms with Crippen LogP contribution in [-0.2, 0) is 16.6 Å². The van der Waals surface area contributed by atoms with E-state index in [1.807, 2.05) is 6.92 Å². The number of aryl methyl sites for hydroxylation is 1. The predicted molar refractivity (Wildman–Crippen MR) is 107 cm³/mol. The van der Waals surface area contributed by atoms with E-state index < -0.39 is 24.7 Å². The molecule has 2 aromatic heterocycles. The molecule has 1 aliphatic carbocycles. The highest BCUT2D eigenvalue weighted by Gasteiger charge is 2.26. The van der Waals surface area contributed by atoms with Crippen LogP contribution in [-0.4, -0.2) is 52.2 Å². The number of hydrogen-bond acceptors (Lipinski definition) is 6. The molecule has 0 N–H and O–H groups in total. The minimum absolute atomic E-state index is 0.0874. The largest absolute Gasteiger partial charge is 0.469 e. The number of carbonyl (C=O) groups is 1. The lowest BCUT2D eigenvalue weighted by Gasteiger charge is -2.29. The molecule has 1 atom stereocenters. The molecule has 0 aliphatic heterocycles. The molecule has 0 unspecified atom stereocenters. The smallest absolute Gasteiger partial charge is 0.297 e. The summed E-state index contributed by atoms with van der Waals surface area (Å²) in [4.78, 5) is 19.2. The number of aromatic nitrogens is 3. The molecule has 3 rings (SSSR count). The van der Waals surface area contributed by atoms with Crippen LogP contribution in [0.3, 0.4) is 0 Å². The first-order valence-corrected chi connectivity index (χ1v) is 10.4. The lowest BCUT2D eigenvalue weighted by atomic mass is 9.95. The minimum atomic E-state index is -2.72. The monoisotopic (exact) mass is 443 g/mol. The van der Waals surface area contributed by atoms with Gasteiger partial charge in [0, 0.05) is 20.1 Å². The van der Waals surface area contributed by atoms with Crippen LogP contribution >= 0.6 is 0 Å². The molecule has 172 valence electrons. The topological polar surface area (TPSA) is 75.5 Å². The minimum Gasteiger partial charge on any atom is -0.469 e. The molecule has 10 heteroatoms. The third-order valence-corrected chi connectivity index (χ3v) is 5.27. The van der Waals surface area contributed by atoms with Crippen LogP contribution in [0.4, 0.5) is 13.2 Å². The van der Waals surface area contributed by atoms with Crippen LogP contribution in [0.15, 0.2) is 6.20 Å². The molecule has 1 fully saturated rings.